The quantitative estimate of drug-likeness (QED) is 0.814. The zero-order valence-electron chi connectivity index (χ0n) is 12.9. The molecule has 118 valence electrons. The molecule has 0 aliphatic carbocycles. The van der Waals surface area contributed by atoms with Crippen molar-refractivity contribution in [2.24, 2.45) is 0 Å². The summed E-state index contributed by atoms with van der Waals surface area (Å²) in [6.45, 7) is 9.53. The highest BCUT2D eigenvalue weighted by molar-refractivity contribution is 5.93. The number of anilines is 1. The maximum Gasteiger partial charge on any atom is 0.242 e. The van der Waals surface area contributed by atoms with Gasteiger partial charge in [-0.1, -0.05) is 5.16 Å². The zero-order valence-corrected chi connectivity index (χ0v) is 12.9. The minimum absolute atomic E-state index is 0.0766. The average Bonchev–Trinajstić information content (AvgIpc) is 2.83. The summed E-state index contributed by atoms with van der Waals surface area (Å²) >= 11 is 0. The SMILES string of the molecule is Cc1cc(NC(=O)[C@@H](C)N2CCN(C[C@H](C)O)CC2)no1. The van der Waals surface area contributed by atoms with Crippen molar-refractivity contribution >= 4 is 11.7 Å². The molecule has 0 unspecified atom stereocenters. The topological polar surface area (TPSA) is 81.8 Å². The zero-order chi connectivity index (χ0) is 15.4. The first-order valence-corrected chi connectivity index (χ1v) is 7.34. The molecule has 0 saturated carbocycles. The lowest BCUT2D eigenvalue weighted by molar-refractivity contribution is -0.121. The monoisotopic (exact) mass is 296 g/mol. The molecule has 1 fully saturated rings. The second-order valence-corrected chi connectivity index (χ2v) is 5.67. The molecular formula is C14H24N4O3. The lowest BCUT2D eigenvalue weighted by atomic mass is 10.2. The van der Waals surface area contributed by atoms with E-state index in [1.165, 1.54) is 0 Å². The van der Waals surface area contributed by atoms with Gasteiger partial charge in [0, 0.05) is 38.8 Å². The van der Waals surface area contributed by atoms with Gasteiger partial charge < -0.3 is 14.9 Å². The standard InChI is InChI=1S/C14H24N4O3/c1-10(19)9-17-4-6-18(7-5-17)12(3)14(20)15-13-8-11(2)21-16-13/h8,10,12,19H,4-7,9H2,1-3H3,(H,15,16,20)/t10-,12+/m0/s1. The third-order valence-electron chi connectivity index (χ3n) is 3.74. The second-order valence-electron chi connectivity index (χ2n) is 5.67. The number of nitrogens with one attached hydrogen (secondary N) is 1. The summed E-state index contributed by atoms with van der Waals surface area (Å²) in [6, 6.07) is 1.49. The number of carbonyl (C=O) groups excluding carboxylic acids is 1. The molecule has 0 radical (unpaired) electrons. The summed E-state index contributed by atoms with van der Waals surface area (Å²) in [5.41, 5.74) is 0. The molecule has 1 aliphatic heterocycles. The number of hydrogen-bond donors (Lipinski definition) is 2. The van der Waals surface area contributed by atoms with Crippen LogP contribution in [0.5, 0.6) is 0 Å². The molecule has 7 nitrogen and oxygen atoms in total. The number of β-amino-alcohol motifs (C(OH)–C–C–N with tert-alkyl or cyclic N) is 1. The van der Waals surface area contributed by atoms with Crippen molar-refractivity contribution < 1.29 is 14.4 Å². The fourth-order valence-corrected chi connectivity index (χ4v) is 2.53. The lowest BCUT2D eigenvalue weighted by Gasteiger charge is -2.37. The summed E-state index contributed by atoms with van der Waals surface area (Å²) in [7, 11) is 0. The highest BCUT2D eigenvalue weighted by Gasteiger charge is 2.26. The van der Waals surface area contributed by atoms with E-state index in [0.29, 0.717) is 18.1 Å². The van der Waals surface area contributed by atoms with E-state index in [9.17, 15) is 9.90 Å². The number of aromatic nitrogens is 1. The van der Waals surface area contributed by atoms with Gasteiger partial charge in [0.05, 0.1) is 12.1 Å². The molecule has 2 rings (SSSR count). The number of rotatable bonds is 5. The third-order valence-corrected chi connectivity index (χ3v) is 3.74. The Hall–Kier alpha value is -1.44. The van der Waals surface area contributed by atoms with Crippen LogP contribution in [0.25, 0.3) is 0 Å². The van der Waals surface area contributed by atoms with Crippen molar-refractivity contribution in [1.82, 2.24) is 15.0 Å². The average molecular weight is 296 g/mol. The van der Waals surface area contributed by atoms with E-state index in [-0.39, 0.29) is 18.1 Å². The van der Waals surface area contributed by atoms with Gasteiger partial charge in [0.15, 0.2) is 5.82 Å². The van der Waals surface area contributed by atoms with Crippen molar-refractivity contribution in [3.05, 3.63) is 11.8 Å². The van der Waals surface area contributed by atoms with Gasteiger partial charge in [-0.3, -0.25) is 14.6 Å². The van der Waals surface area contributed by atoms with Crippen LogP contribution in [0.1, 0.15) is 19.6 Å². The van der Waals surface area contributed by atoms with Gasteiger partial charge in [-0.25, -0.2) is 0 Å². The maximum atomic E-state index is 12.2. The number of hydrogen-bond acceptors (Lipinski definition) is 6. The van der Waals surface area contributed by atoms with E-state index in [0.717, 1.165) is 26.2 Å². The van der Waals surface area contributed by atoms with Crippen LogP contribution >= 0.6 is 0 Å². The number of piperazine rings is 1. The molecule has 0 spiro atoms. The first kappa shape index (κ1) is 15.9. The number of aliphatic hydroxyl groups excluding tert-OH is 1. The molecule has 2 N–H and O–H groups in total. The van der Waals surface area contributed by atoms with E-state index in [1.807, 2.05) is 6.92 Å². The van der Waals surface area contributed by atoms with E-state index in [2.05, 4.69) is 20.3 Å². The first-order valence-electron chi connectivity index (χ1n) is 7.34. The Bertz CT molecular complexity index is 467. The first-order chi connectivity index (χ1) is 9.95. The van der Waals surface area contributed by atoms with Gasteiger partial charge in [-0.05, 0) is 20.8 Å². The molecule has 21 heavy (non-hydrogen) atoms. The summed E-state index contributed by atoms with van der Waals surface area (Å²) < 4.78 is 4.93. The third kappa shape index (κ3) is 4.52. The van der Waals surface area contributed by atoms with Crippen LogP contribution in [0.15, 0.2) is 10.6 Å². The highest BCUT2D eigenvalue weighted by Crippen LogP contribution is 2.11. The molecule has 2 heterocycles. The van der Waals surface area contributed by atoms with Gasteiger partial charge in [0.25, 0.3) is 0 Å². The van der Waals surface area contributed by atoms with Crippen molar-refractivity contribution in [3.63, 3.8) is 0 Å². The van der Waals surface area contributed by atoms with Gasteiger partial charge in [0.2, 0.25) is 5.91 Å². The van der Waals surface area contributed by atoms with Crippen molar-refractivity contribution in [2.45, 2.75) is 32.9 Å². The molecule has 7 heteroatoms. The van der Waals surface area contributed by atoms with Crippen LogP contribution in [0.2, 0.25) is 0 Å². The summed E-state index contributed by atoms with van der Waals surface area (Å²) in [5, 5.41) is 15.9. The number of nitrogens with zero attached hydrogens (tertiary/aromatic N) is 3. The number of aryl methyl sites for hydroxylation is 1. The predicted molar refractivity (Wildman–Crippen MR) is 79.0 cm³/mol. The normalized spacial score (nSPS) is 20.2. The highest BCUT2D eigenvalue weighted by atomic mass is 16.5. The van der Waals surface area contributed by atoms with Crippen LogP contribution in [0.3, 0.4) is 0 Å². The van der Waals surface area contributed by atoms with E-state index < -0.39 is 0 Å². The summed E-state index contributed by atoms with van der Waals surface area (Å²) in [4.78, 5) is 16.5. The van der Waals surface area contributed by atoms with Gasteiger partial charge in [-0.15, -0.1) is 0 Å². The van der Waals surface area contributed by atoms with Crippen LogP contribution < -0.4 is 5.32 Å². The number of carbonyl (C=O) groups is 1. The molecular weight excluding hydrogens is 272 g/mol. The number of aliphatic hydroxyl groups is 1. The Morgan fingerprint density at radius 2 is 2.10 bits per heavy atom. The Morgan fingerprint density at radius 1 is 1.43 bits per heavy atom. The van der Waals surface area contributed by atoms with Crippen LogP contribution in [-0.2, 0) is 4.79 Å². The van der Waals surface area contributed by atoms with E-state index in [4.69, 9.17) is 4.52 Å². The molecule has 0 bridgehead atoms. The smallest absolute Gasteiger partial charge is 0.242 e. The fourth-order valence-electron chi connectivity index (χ4n) is 2.53. The number of amides is 1. The minimum atomic E-state index is -0.312. The molecule has 1 aromatic rings. The Labute approximate surface area is 124 Å². The Morgan fingerprint density at radius 3 is 2.62 bits per heavy atom. The molecule has 1 amide bonds. The second kappa shape index (κ2) is 7.02. The maximum absolute atomic E-state index is 12.2. The van der Waals surface area contributed by atoms with E-state index >= 15 is 0 Å². The molecule has 1 saturated heterocycles. The largest absolute Gasteiger partial charge is 0.392 e. The Balaban J connectivity index is 1.81. The molecule has 1 aliphatic rings. The molecule has 0 aromatic carbocycles. The summed E-state index contributed by atoms with van der Waals surface area (Å²) in [6.07, 6.45) is -0.312. The molecule has 1 aromatic heterocycles. The molecule has 2 atom stereocenters. The van der Waals surface area contributed by atoms with Crippen LogP contribution in [-0.4, -0.2) is 70.8 Å². The Kier molecular flexibility index (Phi) is 5.33. The lowest BCUT2D eigenvalue weighted by Crippen LogP contribution is -2.53. The van der Waals surface area contributed by atoms with Crippen LogP contribution in [0.4, 0.5) is 5.82 Å². The van der Waals surface area contributed by atoms with Gasteiger partial charge in [-0.2, -0.15) is 0 Å². The fraction of sp³-hybridized carbons (Fsp3) is 0.714. The van der Waals surface area contributed by atoms with Crippen molar-refractivity contribution in [1.29, 1.82) is 0 Å². The summed E-state index contributed by atoms with van der Waals surface area (Å²) in [5.74, 6) is 1.05. The minimum Gasteiger partial charge on any atom is -0.392 e. The van der Waals surface area contributed by atoms with Crippen molar-refractivity contribution in [2.75, 3.05) is 38.0 Å². The van der Waals surface area contributed by atoms with Gasteiger partial charge in [0.1, 0.15) is 5.76 Å². The van der Waals surface area contributed by atoms with Gasteiger partial charge >= 0.3 is 0 Å². The predicted octanol–water partition coefficient (Wildman–Crippen LogP) is 0.308. The van der Waals surface area contributed by atoms with E-state index in [1.54, 1.807) is 19.9 Å². The van der Waals surface area contributed by atoms with Crippen molar-refractivity contribution in [3.8, 4) is 0 Å². The van der Waals surface area contributed by atoms with Crippen LogP contribution in [0, 0.1) is 6.92 Å².